The SMILES string of the molecule is CC(CC(F)(F)F)Nc1cc(C(=O)N(C)C)ccc1N. The van der Waals surface area contributed by atoms with Crippen molar-refractivity contribution in [3.05, 3.63) is 23.8 Å². The quantitative estimate of drug-likeness (QED) is 0.838. The Hall–Kier alpha value is -1.92. The molecular weight excluding hydrogens is 271 g/mol. The number of nitrogens with zero attached hydrogens (tertiary/aromatic N) is 1. The van der Waals surface area contributed by atoms with Crippen LogP contribution in [-0.2, 0) is 0 Å². The molecule has 3 N–H and O–H groups in total. The topological polar surface area (TPSA) is 58.4 Å². The minimum absolute atomic E-state index is 0.239. The number of amides is 1. The molecule has 0 aliphatic rings. The van der Waals surface area contributed by atoms with E-state index in [4.69, 9.17) is 5.73 Å². The second kappa shape index (κ2) is 6.02. The summed E-state index contributed by atoms with van der Waals surface area (Å²) >= 11 is 0. The lowest BCUT2D eigenvalue weighted by Crippen LogP contribution is -2.25. The van der Waals surface area contributed by atoms with E-state index in [1.54, 1.807) is 14.1 Å². The highest BCUT2D eigenvalue weighted by atomic mass is 19.4. The number of hydrogen-bond acceptors (Lipinski definition) is 3. The molecule has 0 bridgehead atoms. The first-order chi connectivity index (χ1) is 9.10. The van der Waals surface area contributed by atoms with Crippen molar-refractivity contribution in [3.63, 3.8) is 0 Å². The summed E-state index contributed by atoms with van der Waals surface area (Å²) in [5.74, 6) is -0.239. The largest absolute Gasteiger partial charge is 0.397 e. The predicted octanol–water partition coefficient (Wildman–Crippen LogP) is 2.72. The first-order valence-corrected chi connectivity index (χ1v) is 6.04. The number of nitrogen functional groups attached to an aromatic ring is 1. The second-order valence-electron chi connectivity index (χ2n) is 4.87. The van der Waals surface area contributed by atoms with Gasteiger partial charge in [-0.3, -0.25) is 4.79 Å². The van der Waals surface area contributed by atoms with Gasteiger partial charge in [0.05, 0.1) is 17.8 Å². The highest BCUT2D eigenvalue weighted by Gasteiger charge is 2.30. The molecule has 0 heterocycles. The van der Waals surface area contributed by atoms with Crippen molar-refractivity contribution in [1.29, 1.82) is 0 Å². The minimum Gasteiger partial charge on any atom is -0.397 e. The summed E-state index contributed by atoms with van der Waals surface area (Å²) in [4.78, 5) is 13.2. The summed E-state index contributed by atoms with van der Waals surface area (Å²) in [6, 6.07) is 3.67. The van der Waals surface area contributed by atoms with E-state index in [1.165, 1.54) is 30.0 Å². The standard InChI is InChI=1S/C13H18F3N3O/c1-8(7-13(14,15)16)18-11-6-9(4-5-10(11)17)12(20)19(2)3/h4-6,8,18H,7,17H2,1-3H3. The van der Waals surface area contributed by atoms with Gasteiger partial charge in [0.15, 0.2) is 0 Å². The number of carbonyl (C=O) groups is 1. The molecule has 1 rings (SSSR count). The Labute approximate surface area is 115 Å². The van der Waals surface area contributed by atoms with Crippen molar-refractivity contribution in [2.24, 2.45) is 0 Å². The van der Waals surface area contributed by atoms with Crippen LogP contribution in [0.15, 0.2) is 18.2 Å². The molecule has 112 valence electrons. The molecule has 4 nitrogen and oxygen atoms in total. The van der Waals surface area contributed by atoms with Gasteiger partial charge in [0.1, 0.15) is 0 Å². The van der Waals surface area contributed by atoms with Crippen LogP contribution < -0.4 is 11.1 Å². The molecule has 1 aromatic rings. The van der Waals surface area contributed by atoms with Gasteiger partial charge < -0.3 is 16.0 Å². The number of benzene rings is 1. The van der Waals surface area contributed by atoms with Crippen molar-refractivity contribution < 1.29 is 18.0 Å². The van der Waals surface area contributed by atoms with E-state index in [-0.39, 0.29) is 5.91 Å². The predicted molar refractivity (Wildman–Crippen MR) is 72.6 cm³/mol. The molecule has 1 atom stereocenters. The molecule has 1 unspecified atom stereocenters. The van der Waals surface area contributed by atoms with Crippen LogP contribution in [0, 0.1) is 0 Å². The summed E-state index contributed by atoms with van der Waals surface area (Å²) in [5, 5.41) is 2.69. The number of anilines is 2. The zero-order valence-corrected chi connectivity index (χ0v) is 11.6. The van der Waals surface area contributed by atoms with E-state index in [1.807, 2.05) is 0 Å². The van der Waals surface area contributed by atoms with Gasteiger partial charge in [-0.05, 0) is 25.1 Å². The Morgan fingerprint density at radius 2 is 2.00 bits per heavy atom. The first kappa shape index (κ1) is 16.1. The van der Waals surface area contributed by atoms with Gasteiger partial charge in [0, 0.05) is 25.7 Å². The van der Waals surface area contributed by atoms with Gasteiger partial charge in [0.2, 0.25) is 0 Å². The molecule has 1 amide bonds. The van der Waals surface area contributed by atoms with Crippen molar-refractivity contribution in [1.82, 2.24) is 4.90 Å². The van der Waals surface area contributed by atoms with Crippen LogP contribution in [0.3, 0.4) is 0 Å². The molecular formula is C13H18F3N3O. The Kier molecular flexibility index (Phi) is 4.86. The average Bonchev–Trinajstić information content (AvgIpc) is 2.28. The molecule has 7 heteroatoms. The summed E-state index contributed by atoms with van der Waals surface area (Å²) in [6.45, 7) is 1.41. The van der Waals surface area contributed by atoms with E-state index in [0.717, 1.165) is 0 Å². The van der Waals surface area contributed by atoms with E-state index < -0.39 is 18.6 Å². The highest BCUT2D eigenvalue weighted by Crippen LogP contribution is 2.26. The van der Waals surface area contributed by atoms with E-state index in [9.17, 15) is 18.0 Å². The van der Waals surface area contributed by atoms with Crippen molar-refractivity contribution in [2.45, 2.75) is 25.6 Å². The third-order valence-electron chi connectivity index (χ3n) is 2.65. The Bertz CT molecular complexity index is 486. The fourth-order valence-corrected chi connectivity index (χ4v) is 1.74. The molecule has 0 fully saturated rings. The van der Waals surface area contributed by atoms with E-state index >= 15 is 0 Å². The monoisotopic (exact) mass is 289 g/mol. The Morgan fingerprint density at radius 1 is 1.40 bits per heavy atom. The fourth-order valence-electron chi connectivity index (χ4n) is 1.74. The van der Waals surface area contributed by atoms with Gasteiger partial charge in [0.25, 0.3) is 5.91 Å². The number of alkyl halides is 3. The number of carbonyl (C=O) groups excluding carboxylic acids is 1. The highest BCUT2D eigenvalue weighted by molar-refractivity contribution is 5.95. The molecule has 0 aliphatic heterocycles. The van der Waals surface area contributed by atoms with E-state index in [0.29, 0.717) is 16.9 Å². The molecule has 20 heavy (non-hydrogen) atoms. The fraction of sp³-hybridized carbons (Fsp3) is 0.462. The summed E-state index contributed by atoms with van der Waals surface area (Å²) in [5.41, 5.74) is 6.70. The molecule has 0 radical (unpaired) electrons. The van der Waals surface area contributed by atoms with Gasteiger partial charge >= 0.3 is 6.18 Å². The second-order valence-corrected chi connectivity index (χ2v) is 4.87. The lowest BCUT2D eigenvalue weighted by atomic mass is 10.1. The molecule has 0 saturated heterocycles. The molecule has 0 saturated carbocycles. The number of nitrogens with one attached hydrogen (secondary N) is 1. The Balaban J connectivity index is 2.89. The maximum absolute atomic E-state index is 12.3. The zero-order valence-electron chi connectivity index (χ0n) is 11.6. The molecule has 0 aromatic heterocycles. The van der Waals surface area contributed by atoms with Crippen LogP contribution in [0.1, 0.15) is 23.7 Å². The van der Waals surface area contributed by atoms with Crippen LogP contribution in [0.4, 0.5) is 24.5 Å². The number of rotatable bonds is 4. The van der Waals surface area contributed by atoms with Crippen LogP contribution in [0.25, 0.3) is 0 Å². The van der Waals surface area contributed by atoms with Gasteiger partial charge in [-0.1, -0.05) is 0 Å². The third-order valence-corrected chi connectivity index (χ3v) is 2.65. The summed E-state index contributed by atoms with van der Waals surface area (Å²) in [7, 11) is 3.19. The lowest BCUT2D eigenvalue weighted by Gasteiger charge is -2.19. The van der Waals surface area contributed by atoms with Crippen LogP contribution >= 0.6 is 0 Å². The minimum atomic E-state index is -4.25. The number of halogens is 3. The van der Waals surface area contributed by atoms with Crippen molar-refractivity contribution in [2.75, 3.05) is 25.1 Å². The third kappa shape index (κ3) is 4.64. The van der Waals surface area contributed by atoms with Crippen molar-refractivity contribution in [3.8, 4) is 0 Å². The molecule has 0 aliphatic carbocycles. The zero-order chi connectivity index (χ0) is 15.5. The van der Waals surface area contributed by atoms with Crippen LogP contribution in [-0.4, -0.2) is 37.1 Å². The average molecular weight is 289 g/mol. The van der Waals surface area contributed by atoms with Crippen molar-refractivity contribution >= 4 is 17.3 Å². The summed E-state index contributed by atoms with van der Waals surface area (Å²) in [6.07, 6.45) is -5.23. The molecule has 0 spiro atoms. The van der Waals surface area contributed by atoms with E-state index in [2.05, 4.69) is 5.32 Å². The van der Waals surface area contributed by atoms with Gasteiger partial charge in [-0.2, -0.15) is 13.2 Å². The maximum atomic E-state index is 12.3. The number of nitrogens with two attached hydrogens (primary N) is 1. The smallest absolute Gasteiger partial charge is 0.391 e. The number of hydrogen-bond donors (Lipinski definition) is 2. The van der Waals surface area contributed by atoms with Crippen LogP contribution in [0.5, 0.6) is 0 Å². The van der Waals surface area contributed by atoms with Gasteiger partial charge in [-0.25, -0.2) is 0 Å². The lowest BCUT2D eigenvalue weighted by molar-refractivity contribution is -0.136. The first-order valence-electron chi connectivity index (χ1n) is 6.04. The van der Waals surface area contributed by atoms with Gasteiger partial charge in [-0.15, -0.1) is 0 Å². The normalized spacial score (nSPS) is 12.9. The maximum Gasteiger partial charge on any atom is 0.391 e. The summed E-state index contributed by atoms with van der Waals surface area (Å²) < 4.78 is 36.9. The van der Waals surface area contributed by atoms with Crippen LogP contribution in [0.2, 0.25) is 0 Å². The molecule has 1 aromatic carbocycles. The Morgan fingerprint density at radius 3 is 2.50 bits per heavy atom.